The number of hydrogen-bond acceptors (Lipinski definition) is 3. The van der Waals surface area contributed by atoms with Gasteiger partial charge in [-0.05, 0) is 39.3 Å². The van der Waals surface area contributed by atoms with Crippen molar-refractivity contribution in [2.75, 3.05) is 6.54 Å². The topological polar surface area (TPSA) is 53.6 Å². The Morgan fingerprint density at radius 3 is 2.88 bits per heavy atom. The van der Waals surface area contributed by atoms with Crippen molar-refractivity contribution in [3.8, 4) is 6.07 Å². The molecule has 4 heteroatoms. The van der Waals surface area contributed by atoms with Crippen LogP contribution < -0.4 is 5.32 Å². The van der Waals surface area contributed by atoms with Gasteiger partial charge in [-0.2, -0.15) is 10.4 Å². The van der Waals surface area contributed by atoms with Crippen LogP contribution in [0.4, 0.5) is 0 Å². The van der Waals surface area contributed by atoms with Crippen molar-refractivity contribution in [1.82, 2.24) is 15.1 Å². The van der Waals surface area contributed by atoms with E-state index in [1.165, 1.54) is 5.69 Å². The van der Waals surface area contributed by atoms with Gasteiger partial charge in [-0.3, -0.25) is 10.00 Å². The fourth-order valence-electron chi connectivity index (χ4n) is 1.79. The maximum absolute atomic E-state index is 9.09. The van der Waals surface area contributed by atoms with E-state index in [4.69, 9.17) is 5.26 Å². The Hall–Kier alpha value is -1.34. The Morgan fingerprint density at radius 1 is 1.62 bits per heavy atom. The van der Waals surface area contributed by atoms with Crippen molar-refractivity contribution >= 4 is 0 Å². The summed E-state index contributed by atoms with van der Waals surface area (Å²) in [6.45, 7) is 7.72. The zero-order chi connectivity index (χ0) is 12.0. The predicted molar refractivity (Wildman–Crippen MR) is 63.9 cm³/mol. The van der Waals surface area contributed by atoms with Crippen molar-refractivity contribution < 1.29 is 0 Å². The summed E-state index contributed by atoms with van der Waals surface area (Å²) in [5.74, 6) is 0. The minimum Gasteiger partial charge on any atom is -0.300 e. The number of aryl methyl sites for hydroxylation is 2. The molecule has 0 amide bonds. The smallest absolute Gasteiger partial charge is 0.103 e. The number of nitriles is 1. The maximum atomic E-state index is 9.09. The van der Waals surface area contributed by atoms with Crippen molar-refractivity contribution in [1.29, 1.82) is 5.26 Å². The van der Waals surface area contributed by atoms with Gasteiger partial charge < -0.3 is 0 Å². The second-order valence-corrected chi connectivity index (χ2v) is 4.27. The van der Waals surface area contributed by atoms with Gasteiger partial charge in [0.1, 0.15) is 5.54 Å². The van der Waals surface area contributed by atoms with Crippen LogP contribution in [0.1, 0.15) is 32.4 Å². The third kappa shape index (κ3) is 3.35. The van der Waals surface area contributed by atoms with Gasteiger partial charge in [0.25, 0.3) is 0 Å². The van der Waals surface area contributed by atoms with Crippen LogP contribution in [0.5, 0.6) is 0 Å². The Balaban J connectivity index is 2.40. The van der Waals surface area contributed by atoms with Crippen LogP contribution in [0.25, 0.3) is 0 Å². The first-order valence-electron chi connectivity index (χ1n) is 5.76. The maximum Gasteiger partial charge on any atom is 0.103 e. The molecule has 1 N–H and O–H groups in total. The van der Waals surface area contributed by atoms with Gasteiger partial charge in [-0.1, -0.05) is 6.92 Å². The van der Waals surface area contributed by atoms with Crippen molar-refractivity contribution in [3.05, 3.63) is 18.0 Å². The molecule has 0 aliphatic heterocycles. The van der Waals surface area contributed by atoms with E-state index in [9.17, 15) is 0 Å². The summed E-state index contributed by atoms with van der Waals surface area (Å²) in [5.41, 5.74) is 0.762. The highest BCUT2D eigenvalue weighted by Crippen LogP contribution is 2.12. The zero-order valence-corrected chi connectivity index (χ0v) is 10.3. The monoisotopic (exact) mass is 220 g/mol. The summed E-state index contributed by atoms with van der Waals surface area (Å²) >= 11 is 0. The summed E-state index contributed by atoms with van der Waals surface area (Å²) in [5, 5.41) is 16.5. The van der Waals surface area contributed by atoms with Crippen LogP contribution in [-0.4, -0.2) is 21.9 Å². The lowest BCUT2D eigenvalue weighted by Gasteiger charge is -2.22. The summed E-state index contributed by atoms with van der Waals surface area (Å²) in [4.78, 5) is 0. The first-order valence-corrected chi connectivity index (χ1v) is 5.76. The SMILES string of the molecule is CCNC(C)(C#N)CCCn1nccc1C. The second kappa shape index (κ2) is 5.66. The van der Waals surface area contributed by atoms with Gasteiger partial charge in [-0.25, -0.2) is 0 Å². The molecular weight excluding hydrogens is 200 g/mol. The summed E-state index contributed by atoms with van der Waals surface area (Å²) in [6.07, 6.45) is 3.61. The zero-order valence-electron chi connectivity index (χ0n) is 10.3. The van der Waals surface area contributed by atoms with E-state index in [1.807, 2.05) is 37.7 Å². The lowest BCUT2D eigenvalue weighted by molar-refractivity contribution is 0.395. The lowest BCUT2D eigenvalue weighted by Crippen LogP contribution is -2.40. The molecule has 0 spiro atoms. The predicted octanol–water partition coefficient (Wildman–Crippen LogP) is 1.86. The summed E-state index contributed by atoms with van der Waals surface area (Å²) < 4.78 is 1.98. The molecule has 4 nitrogen and oxygen atoms in total. The molecule has 1 aromatic rings. The van der Waals surface area contributed by atoms with E-state index in [0.29, 0.717) is 0 Å². The highest BCUT2D eigenvalue weighted by molar-refractivity contribution is 5.03. The first-order chi connectivity index (χ1) is 7.61. The van der Waals surface area contributed by atoms with E-state index < -0.39 is 5.54 Å². The minimum absolute atomic E-state index is 0.407. The van der Waals surface area contributed by atoms with E-state index >= 15 is 0 Å². The average Bonchev–Trinajstić information content (AvgIpc) is 2.65. The number of hydrogen-bond donors (Lipinski definition) is 1. The number of aromatic nitrogens is 2. The van der Waals surface area contributed by atoms with E-state index in [-0.39, 0.29) is 0 Å². The van der Waals surface area contributed by atoms with E-state index in [1.54, 1.807) is 0 Å². The molecule has 1 heterocycles. The van der Waals surface area contributed by atoms with Gasteiger partial charge in [0.15, 0.2) is 0 Å². The van der Waals surface area contributed by atoms with Crippen LogP contribution >= 0.6 is 0 Å². The van der Waals surface area contributed by atoms with Gasteiger partial charge in [0, 0.05) is 18.4 Å². The standard InChI is InChI=1S/C12H20N4/c1-4-14-12(3,10-13)7-5-9-16-11(2)6-8-15-16/h6,8,14H,4-5,7,9H2,1-3H3. The Morgan fingerprint density at radius 2 is 2.38 bits per heavy atom. The molecule has 16 heavy (non-hydrogen) atoms. The molecule has 1 rings (SSSR count). The van der Waals surface area contributed by atoms with E-state index in [2.05, 4.69) is 16.5 Å². The molecule has 0 aliphatic carbocycles. The molecule has 0 saturated carbocycles. The fourth-order valence-corrected chi connectivity index (χ4v) is 1.79. The minimum atomic E-state index is -0.407. The van der Waals surface area contributed by atoms with Crippen LogP contribution in [0.15, 0.2) is 12.3 Å². The molecule has 1 atom stereocenters. The average molecular weight is 220 g/mol. The number of rotatable bonds is 6. The van der Waals surface area contributed by atoms with E-state index in [0.717, 1.165) is 25.9 Å². The van der Waals surface area contributed by atoms with Gasteiger partial charge in [0.2, 0.25) is 0 Å². The van der Waals surface area contributed by atoms with Crippen LogP contribution in [0, 0.1) is 18.3 Å². The van der Waals surface area contributed by atoms with Crippen LogP contribution in [0.3, 0.4) is 0 Å². The van der Waals surface area contributed by atoms with Crippen LogP contribution in [-0.2, 0) is 6.54 Å². The molecule has 0 aromatic carbocycles. The van der Waals surface area contributed by atoms with Gasteiger partial charge in [-0.15, -0.1) is 0 Å². The Bertz CT molecular complexity index is 363. The Labute approximate surface area is 97.3 Å². The molecule has 0 fully saturated rings. The van der Waals surface area contributed by atoms with Crippen molar-refractivity contribution in [3.63, 3.8) is 0 Å². The Kier molecular flexibility index (Phi) is 4.51. The van der Waals surface area contributed by atoms with Gasteiger partial charge >= 0.3 is 0 Å². The lowest BCUT2D eigenvalue weighted by atomic mass is 9.98. The third-order valence-corrected chi connectivity index (χ3v) is 2.79. The summed E-state index contributed by atoms with van der Waals surface area (Å²) in [6, 6.07) is 4.33. The molecule has 1 aromatic heterocycles. The van der Waals surface area contributed by atoms with Crippen molar-refractivity contribution in [2.45, 2.75) is 45.7 Å². The normalized spacial score (nSPS) is 14.4. The largest absolute Gasteiger partial charge is 0.300 e. The number of nitrogens with zero attached hydrogens (tertiary/aromatic N) is 3. The molecule has 0 radical (unpaired) electrons. The second-order valence-electron chi connectivity index (χ2n) is 4.27. The van der Waals surface area contributed by atoms with Gasteiger partial charge in [0.05, 0.1) is 6.07 Å². The third-order valence-electron chi connectivity index (χ3n) is 2.79. The molecule has 88 valence electrons. The quantitative estimate of drug-likeness (QED) is 0.796. The molecule has 0 aliphatic rings. The van der Waals surface area contributed by atoms with Crippen LogP contribution in [0.2, 0.25) is 0 Å². The first kappa shape index (κ1) is 12.7. The number of nitrogens with one attached hydrogen (secondary N) is 1. The molecular formula is C12H20N4. The molecule has 0 bridgehead atoms. The highest BCUT2D eigenvalue weighted by Gasteiger charge is 2.21. The molecule has 0 saturated heterocycles. The fraction of sp³-hybridized carbons (Fsp3) is 0.667. The summed E-state index contributed by atoms with van der Waals surface area (Å²) in [7, 11) is 0. The highest BCUT2D eigenvalue weighted by atomic mass is 15.3. The molecule has 1 unspecified atom stereocenters. The van der Waals surface area contributed by atoms with Crippen molar-refractivity contribution in [2.24, 2.45) is 0 Å².